The van der Waals surface area contributed by atoms with Crippen molar-refractivity contribution >= 4 is 11.9 Å². The molecule has 1 heterocycles. The van der Waals surface area contributed by atoms with Crippen LogP contribution in [0.1, 0.15) is 26.7 Å². The number of carbonyl (C=O) groups excluding carboxylic acids is 1. The third kappa shape index (κ3) is 1.59. The number of aliphatic carboxylic acids is 1. The Kier molecular flexibility index (Phi) is 2.80. The fourth-order valence-electron chi connectivity index (χ4n) is 1.78. The topological polar surface area (TPSA) is 83.6 Å². The Hall–Kier alpha value is -1.10. The first-order valence-electron chi connectivity index (χ1n) is 4.70. The van der Waals surface area contributed by atoms with Gasteiger partial charge in [-0.05, 0) is 26.7 Å². The van der Waals surface area contributed by atoms with E-state index in [1.165, 1.54) is 4.90 Å². The van der Waals surface area contributed by atoms with E-state index in [1.807, 2.05) is 0 Å². The van der Waals surface area contributed by atoms with Gasteiger partial charge in [0, 0.05) is 6.54 Å². The van der Waals surface area contributed by atoms with Crippen LogP contribution < -0.4 is 5.73 Å². The summed E-state index contributed by atoms with van der Waals surface area (Å²) >= 11 is 0. The fourth-order valence-corrected chi connectivity index (χ4v) is 1.78. The molecule has 1 unspecified atom stereocenters. The Morgan fingerprint density at radius 1 is 1.57 bits per heavy atom. The summed E-state index contributed by atoms with van der Waals surface area (Å²) in [5.74, 6) is -1.24. The van der Waals surface area contributed by atoms with Gasteiger partial charge in [-0.25, -0.2) is 4.79 Å². The van der Waals surface area contributed by atoms with Gasteiger partial charge in [-0.15, -0.1) is 0 Å². The molecule has 0 aromatic rings. The van der Waals surface area contributed by atoms with Crippen molar-refractivity contribution < 1.29 is 14.7 Å². The van der Waals surface area contributed by atoms with E-state index in [-0.39, 0.29) is 5.91 Å². The Morgan fingerprint density at radius 3 is 2.57 bits per heavy atom. The number of nitrogens with two attached hydrogens (primary N) is 1. The number of carboxylic acids is 1. The van der Waals surface area contributed by atoms with Gasteiger partial charge in [0.15, 0.2) is 0 Å². The number of carboxylic acid groups (broad SMARTS) is 1. The molecule has 0 bridgehead atoms. The molecule has 2 atom stereocenters. The maximum Gasteiger partial charge on any atom is 0.329 e. The molecular weight excluding hydrogens is 184 g/mol. The van der Waals surface area contributed by atoms with Crippen LogP contribution in [0.3, 0.4) is 0 Å². The monoisotopic (exact) mass is 200 g/mol. The number of hydrogen-bond donors (Lipinski definition) is 2. The molecule has 0 spiro atoms. The second-order valence-electron chi connectivity index (χ2n) is 3.96. The molecule has 1 rings (SSSR count). The van der Waals surface area contributed by atoms with Gasteiger partial charge >= 0.3 is 5.97 Å². The van der Waals surface area contributed by atoms with Crippen LogP contribution in [0.2, 0.25) is 0 Å². The first-order valence-corrected chi connectivity index (χ1v) is 4.70. The lowest BCUT2D eigenvalue weighted by Gasteiger charge is -2.32. The fraction of sp³-hybridized carbons (Fsp3) is 0.778. The zero-order valence-corrected chi connectivity index (χ0v) is 8.49. The van der Waals surface area contributed by atoms with Gasteiger partial charge in [-0.1, -0.05) is 0 Å². The van der Waals surface area contributed by atoms with Crippen LogP contribution in [0.4, 0.5) is 0 Å². The number of likely N-dealkylation sites (tertiary alicyclic amines) is 1. The molecule has 0 aromatic carbocycles. The van der Waals surface area contributed by atoms with Gasteiger partial charge in [-0.2, -0.15) is 0 Å². The Morgan fingerprint density at radius 2 is 2.14 bits per heavy atom. The molecular formula is C9H16N2O3. The molecule has 0 aromatic heterocycles. The Bertz CT molecular complexity index is 265. The van der Waals surface area contributed by atoms with Crippen LogP contribution >= 0.6 is 0 Å². The average molecular weight is 200 g/mol. The zero-order valence-electron chi connectivity index (χ0n) is 8.49. The second kappa shape index (κ2) is 3.57. The smallest absolute Gasteiger partial charge is 0.329 e. The quantitative estimate of drug-likeness (QED) is 0.646. The molecule has 1 fully saturated rings. The van der Waals surface area contributed by atoms with Crippen molar-refractivity contribution in [3.05, 3.63) is 0 Å². The third-order valence-electron chi connectivity index (χ3n) is 2.76. The summed E-state index contributed by atoms with van der Waals surface area (Å²) in [6.45, 7) is 3.63. The minimum absolute atomic E-state index is 0.285. The van der Waals surface area contributed by atoms with Crippen LogP contribution in [0, 0.1) is 0 Å². The molecule has 1 amide bonds. The van der Waals surface area contributed by atoms with Crippen LogP contribution in [0.25, 0.3) is 0 Å². The summed E-state index contributed by atoms with van der Waals surface area (Å²) in [4.78, 5) is 24.0. The highest BCUT2D eigenvalue weighted by molar-refractivity contribution is 5.89. The van der Waals surface area contributed by atoms with Crippen molar-refractivity contribution in [1.29, 1.82) is 0 Å². The van der Waals surface area contributed by atoms with E-state index in [1.54, 1.807) is 13.8 Å². The largest absolute Gasteiger partial charge is 0.480 e. The summed E-state index contributed by atoms with van der Waals surface area (Å²) < 4.78 is 0. The molecule has 5 nitrogen and oxygen atoms in total. The van der Waals surface area contributed by atoms with E-state index in [0.717, 1.165) is 6.42 Å². The standard InChI is InChI=1S/C9H16N2O3/c1-6(10)7(12)11-5-3-4-9(11,2)8(13)14/h6H,3-5,10H2,1-2H3,(H,13,14)/t6-,9?/m1/s1. The van der Waals surface area contributed by atoms with Crippen molar-refractivity contribution in [2.45, 2.75) is 38.3 Å². The van der Waals surface area contributed by atoms with Crippen molar-refractivity contribution in [3.63, 3.8) is 0 Å². The molecule has 1 aliphatic rings. The van der Waals surface area contributed by atoms with E-state index in [9.17, 15) is 9.59 Å². The summed E-state index contributed by atoms with van der Waals surface area (Å²) in [7, 11) is 0. The molecule has 0 saturated carbocycles. The van der Waals surface area contributed by atoms with Crippen LogP contribution in [-0.2, 0) is 9.59 Å². The molecule has 0 radical (unpaired) electrons. The van der Waals surface area contributed by atoms with E-state index >= 15 is 0 Å². The SMILES string of the molecule is C[C@@H](N)C(=O)N1CCCC1(C)C(=O)O. The number of amides is 1. The highest BCUT2D eigenvalue weighted by atomic mass is 16.4. The summed E-state index contributed by atoms with van der Waals surface area (Å²) in [6, 6.07) is -0.633. The highest BCUT2D eigenvalue weighted by Crippen LogP contribution is 2.29. The summed E-state index contributed by atoms with van der Waals surface area (Å²) in [5.41, 5.74) is 4.39. The predicted octanol–water partition coefficient (Wildman–Crippen LogP) is -0.201. The van der Waals surface area contributed by atoms with Gasteiger partial charge in [0.05, 0.1) is 6.04 Å². The maximum absolute atomic E-state index is 11.6. The molecule has 3 N–H and O–H groups in total. The zero-order chi connectivity index (χ0) is 10.9. The first-order chi connectivity index (χ1) is 6.39. The summed E-state index contributed by atoms with van der Waals surface area (Å²) in [6.07, 6.45) is 1.22. The number of carbonyl (C=O) groups is 2. The minimum Gasteiger partial charge on any atom is -0.480 e. The van der Waals surface area contributed by atoms with Crippen molar-refractivity contribution in [2.24, 2.45) is 5.73 Å². The molecule has 80 valence electrons. The third-order valence-corrected chi connectivity index (χ3v) is 2.76. The average Bonchev–Trinajstić information content (AvgIpc) is 2.47. The van der Waals surface area contributed by atoms with Crippen molar-refractivity contribution in [1.82, 2.24) is 4.90 Å². The maximum atomic E-state index is 11.6. The molecule has 5 heteroatoms. The second-order valence-corrected chi connectivity index (χ2v) is 3.96. The molecule has 14 heavy (non-hydrogen) atoms. The molecule has 1 saturated heterocycles. The van der Waals surface area contributed by atoms with Gasteiger partial charge in [0.1, 0.15) is 5.54 Å². The Labute approximate surface area is 82.9 Å². The lowest BCUT2D eigenvalue weighted by molar-refractivity contribution is -0.155. The number of rotatable bonds is 2. The minimum atomic E-state index is -1.06. The first kappa shape index (κ1) is 11.0. The van der Waals surface area contributed by atoms with Crippen molar-refractivity contribution in [2.75, 3.05) is 6.54 Å². The summed E-state index contributed by atoms with van der Waals surface area (Å²) in [5, 5.41) is 9.04. The Balaban J connectivity index is 2.89. The molecule has 1 aliphatic heterocycles. The number of hydrogen-bond acceptors (Lipinski definition) is 3. The normalized spacial score (nSPS) is 28.9. The van der Waals surface area contributed by atoms with Crippen molar-refractivity contribution in [3.8, 4) is 0 Å². The van der Waals surface area contributed by atoms with E-state index in [0.29, 0.717) is 13.0 Å². The van der Waals surface area contributed by atoms with Gasteiger partial charge in [-0.3, -0.25) is 4.79 Å². The van der Waals surface area contributed by atoms with Gasteiger partial charge in [0.25, 0.3) is 0 Å². The van der Waals surface area contributed by atoms with Gasteiger partial charge < -0.3 is 15.7 Å². The number of nitrogens with zero attached hydrogens (tertiary/aromatic N) is 1. The molecule has 0 aliphatic carbocycles. The van der Waals surface area contributed by atoms with Gasteiger partial charge in [0.2, 0.25) is 5.91 Å². The van der Waals surface area contributed by atoms with E-state index < -0.39 is 17.6 Å². The lowest BCUT2D eigenvalue weighted by Crippen LogP contribution is -2.54. The van der Waals surface area contributed by atoms with Crippen LogP contribution in [0.15, 0.2) is 0 Å². The van der Waals surface area contributed by atoms with E-state index in [2.05, 4.69) is 0 Å². The predicted molar refractivity (Wildman–Crippen MR) is 50.6 cm³/mol. The highest BCUT2D eigenvalue weighted by Gasteiger charge is 2.46. The van der Waals surface area contributed by atoms with Crippen LogP contribution in [-0.4, -0.2) is 40.0 Å². The lowest BCUT2D eigenvalue weighted by atomic mass is 9.99. The van der Waals surface area contributed by atoms with Crippen LogP contribution in [0.5, 0.6) is 0 Å². The van der Waals surface area contributed by atoms with E-state index in [4.69, 9.17) is 10.8 Å².